The molecular weight excluding hydrogens is 402 g/mol. The third-order valence-corrected chi connectivity index (χ3v) is 6.14. The second kappa shape index (κ2) is 10.6. The summed E-state index contributed by atoms with van der Waals surface area (Å²) in [7, 11) is 0. The summed E-state index contributed by atoms with van der Waals surface area (Å²) in [5, 5.41) is 3.83. The maximum absolute atomic E-state index is 12.9. The predicted molar refractivity (Wildman–Crippen MR) is 117 cm³/mol. The first-order valence-electron chi connectivity index (χ1n) is 10.6. The van der Waals surface area contributed by atoms with Gasteiger partial charge in [-0.3, -0.25) is 14.5 Å². The summed E-state index contributed by atoms with van der Waals surface area (Å²) in [5.74, 6) is -0.0802. The molecule has 2 atom stereocenters. The van der Waals surface area contributed by atoms with Crippen molar-refractivity contribution in [2.75, 3.05) is 32.7 Å². The van der Waals surface area contributed by atoms with Gasteiger partial charge in [0.15, 0.2) is 5.76 Å². The van der Waals surface area contributed by atoms with Crippen LogP contribution in [0.3, 0.4) is 0 Å². The Balaban J connectivity index is 1.64. The number of halogens is 1. The summed E-state index contributed by atoms with van der Waals surface area (Å²) in [6.07, 6.45) is 3.06. The Morgan fingerprint density at radius 1 is 1.23 bits per heavy atom. The van der Waals surface area contributed by atoms with E-state index in [1.54, 1.807) is 17.0 Å². The summed E-state index contributed by atoms with van der Waals surface area (Å²) < 4.78 is 5.22. The number of furan rings is 1. The molecule has 0 aliphatic carbocycles. The van der Waals surface area contributed by atoms with Crippen molar-refractivity contribution in [1.29, 1.82) is 0 Å². The number of nitrogens with zero attached hydrogens (tertiary/aromatic N) is 2. The first-order chi connectivity index (χ1) is 14.5. The van der Waals surface area contributed by atoms with E-state index in [2.05, 4.69) is 24.1 Å². The minimum Gasteiger partial charge on any atom is -0.459 e. The van der Waals surface area contributed by atoms with E-state index in [9.17, 15) is 9.59 Å². The monoisotopic (exact) mass is 431 g/mol. The number of piperidine rings is 1. The lowest BCUT2D eigenvalue weighted by molar-refractivity contribution is -0.126. The molecule has 0 spiro atoms. The van der Waals surface area contributed by atoms with Crippen molar-refractivity contribution in [3.05, 3.63) is 59.0 Å². The second-order valence-corrected chi connectivity index (χ2v) is 7.98. The van der Waals surface area contributed by atoms with Gasteiger partial charge in [0.05, 0.1) is 18.2 Å². The summed E-state index contributed by atoms with van der Waals surface area (Å²) in [5.41, 5.74) is 1.02. The molecule has 0 radical (unpaired) electrons. The molecule has 30 heavy (non-hydrogen) atoms. The van der Waals surface area contributed by atoms with Crippen molar-refractivity contribution in [3.8, 4) is 0 Å². The summed E-state index contributed by atoms with van der Waals surface area (Å²) >= 11 is 6.45. The summed E-state index contributed by atoms with van der Waals surface area (Å²) in [6.45, 7) is 7.46. The number of likely N-dealkylation sites (N-methyl/N-ethyl adjacent to an activating group) is 1. The van der Waals surface area contributed by atoms with Gasteiger partial charge in [-0.1, -0.05) is 43.6 Å². The normalized spacial score (nSPS) is 17.7. The van der Waals surface area contributed by atoms with Gasteiger partial charge in [0.2, 0.25) is 5.91 Å². The fourth-order valence-electron chi connectivity index (χ4n) is 4.12. The number of benzene rings is 1. The molecule has 0 bridgehead atoms. The van der Waals surface area contributed by atoms with Crippen LogP contribution in [0.4, 0.5) is 0 Å². The van der Waals surface area contributed by atoms with Gasteiger partial charge in [0, 0.05) is 24.7 Å². The van der Waals surface area contributed by atoms with Gasteiger partial charge in [-0.15, -0.1) is 0 Å². The first-order valence-corrected chi connectivity index (χ1v) is 11.0. The molecule has 1 N–H and O–H groups in total. The first kappa shape index (κ1) is 22.4. The Labute approximate surface area is 183 Å². The van der Waals surface area contributed by atoms with Crippen LogP contribution in [0, 0.1) is 5.92 Å². The van der Waals surface area contributed by atoms with Gasteiger partial charge in [0.25, 0.3) is 5.91 Å². The highest BCUT2D eigenvalue weighted by Gasteiger charge is 2.30. The molecule has 1 aromatic carbocycles. The topological polar surface area (TPSA) is 65.8 Å². The molecular formula is C23H30ClN3O3. The highest BCUT2D eigenvalue weighted by molar-refractivity contribution is 6.31. The van der Waals surface area contributed by atoms with Gasteiger partial charge in [-0.2, -0.15) is 0 Å². The Bertz CT molecular complexity index is 836. The van der Waals surface area contributed by atoms with E-state index in [0.717, 1.165) is 31.5 Å². The molecule has 162 valence electrons. The van der Waals surface area contributed by atoms with Crippen molar-refractivity contribution < 1.29 is 14.0 Å². The molecule has 1 aliphatic rings. The average Bonchev–Trinajstić information content (AvgIpc) is 3.31. The molecule has 2 aromatic rings. The van der Waals surface area contributed by atoms with Crippen LogP contribution in [0.1, 0.15) is 48.8 Å². The Hall–Kier alpha value is -2.31. The smallest absolute Gasteiger partial charge is 0.289 e. The van der Waals surface area contributed by atoms with E-state index >= 15 is 0 Å². The molecule has 3 rings (SSSR count). The summed E-state index contributed by atoms with van der Waals surface area (Å²) in [6, 6.07) is 11.1. The van der Waals surface area contributed by atoms with Crippen LogP contribution in [0.5, 0.6) is 0 Å². The maximum atomic E-state index is 12.9. The number of nitrogens with one attached hydrogen (secondary N) is 1. The number of likely N-dealkylation sites (tertiary alicyclic amines) is 1. The van der Waals surface area contributed by atoms with E-state index in [4.69, 9.17) is 16.0 Å². The quantitative estimate of drug-likeness (QED) is 0.686. The minimum atomic E-state index is -0.221. The number of amides is 2. The van der Waals surface area contributed by atoms with Gasteiger partial charge in [-0.25, -0.2) is 0 Å². The molecule has 2 unspecified atom stereocenters. The third-order valence-electron chi connectivity index (χ3n) is 5.80. The lowest BCUT2D eigenvalue weighted by Crippen LogP contribution is -2.47. The van der Waals surface area contributed by atoms with E-state index in [1.807, 2.05) is 24.3 Å². The van der Waals surface area contributed by atoms with Crippen LogP contribution in [0.2, 0.25) is 5.02 Å². The van der Waals surface area contributed by atoms with E-state index in [0.29, 0.717) is 30.4 Å². The van der Waals surface area contributed by atoms with Crippen LogP contribution in [0.25, 0.3) is 0 Å². The van der Waals surface area contributed by atoms with E-state index in [-0.39, 0.29) is 23.8 Å². The molecule has 1 fully saturated rings. The average molecular weight is 432 g/mol. The standard InChI is InChI=1S/C23H30ClN3O3/c1-3-26(4-2)20(18-10-5-6-11-19(18)24)15-25-22(28)17-9-7-13-27(16-17)23(29)21-12-8-14-30-21/h5-6,8,10-12,14,17,20H,3-4,7,9,13,15-16H2,1-2H3,(H,25,28). The number of hydrogen-bond donors (Lipinski definition) is 1. The Kier molecular flexibility index (Phi) is 7.94. The fraction of sp³-hybridized carbons (Fsp3) is 0.478. The molecule has 2 amide bonds. The van der Waals surface area contributed by atoms with Crippen molar-refractivity contribution in [2.45, 2.75) is 32.7 Å². The Morgan fingerprint density at radius 2 is 2.00 bits per heavy atom. The van der Waals surface area contributed by atoms with Crippen LogP contribution >= 0.6 is 11.6 Å². The molecule has 1 aliphatic heterocycles. The SMILES string of the molecule is CCN(CC)C(CNC(=O)C1CCCN(C(=O)c2ccco2)C1)c1ccccc1Cl. The van der Waals surface area contributed by atoms with Crippen molar-refractivity contribution in [2.24, 2.45) is 5.92 Å². The highest BCUT2D eigenvalue weighted by Crippen LogP contribution is 2.27. The van der Waals surface area contributed by atoms with Crippen LogP contribution in [0.15, 0.2) is 47.1 Å². The maximum Gasteiger partial charge on any atom is 0.289 e. The van der Waals surface area contributed by atoms with E-state index in [1.165, 1.54) is 6.26 Å². The Morgan fingerprint density at radius 3 is 2.67 bits per heavy atom. The van der Waals surface area contributed by atoms with Crippen molar-refractivity contribution in [1.82, 2.24) is 15.1 Å². The van der Waals surface area contributed by atoms with Crippen LogP contribution in [-0.4, -0.2) is 54.3 Å². The fourth-order valence-corrected chi connectivity index (χ4v) is 4.38. The molecule has 0 saturated carbocycles. The van der Waals surface area contributed by atoms with Gasteiger partial charge in [0.1, 0.15) is 0 Å². The summed E-state index contributed by atoms with van der Waals surface area (Å²) in [4.78, 5) is 29.5. The van der Waals surface area contributed by atoms with Crippen molar-refractivity contribution >= 4 is 23.4 Å². The van der Waals surface area contributed by atoms with E-state index < -0.39 is 0 Å². The molecule has 1 saturated heterocycles. The molecule has 2 heterocycles. The van der Waals surface area contributed by atoms with Gasteiger partial charge >= 0.3 is 0 Å². The van der Waals surface area contributed by atoms with Crippen LogP contribution in [-0.2, 0) is 4.79 Å². The largest absolute Gasteiger partial charge is 0.459 e. The second-order valence-electron chi connectivity index (χ2n) is 7.57. The van der Waals surface area contributed by atoms with Crippen molar-refractivity contribution in [3.63, 3.8) is 0 Å². The molecule has 1 aromatic heterocycles. The highest BCUT2D eigenvalue weighted by atomic mass is 35.5. The number of hydrogen-bond acceptors (Lipinski definition) is 4. The molecule has 6 nitrogen and oxygen atoms in total. The lowest BCUT2D eigenvalue weighted by atomic mass is 9.96. The molecule has 7 heteroatoms. The third kappa shape index (κ3) is 5.24. The number of carbonyl (C=O) groups excluding carboxylic acids is 2. The zero-order chi connectivity index (χ0) is 21.5. The number of carbonyl (C=O) groups is 2. The number of rotatable bonds is 8. The minimum absolute atomic E-state index is 0.00194. The predicted octanol–water partition coefficient (Wildman–Crippen LogP) is 3.98. The van der Waals surface area contributed by atoms with Gasteiger partial charge in [-0.05, 0) is 49.7 Å². The zero-order valence-corrected chi connectivity index (χ0v) is 18.4. The lowest BCUT2D eigenvalue weighted by Gasteiger charge is -2.33. The van der Waals surface area contributed by atoms with Gasteiger partial charge < -0.3 is 14.6 Å². The zero-order valence-electron chi connectivity index (χ0n) is 17.6. The van der Waals surface area contributed by atoms with Crippen LogP contribution < -0.4 is 5.32 Å².